The number of likely N-dealkylation sites (N-methyl/N-ethyl adjacent to an activating group) is 1. The maximum atomic E-state index is 12.4. The highest BCUT2D eigenvalue weighted by Gasteiger charge is 2.18. The Morgan fingerprint density at radius 1 is 1.22 bits per heavy atom. The number of halogens is 1. The van der Waals surface area contributed by atoms with Crippen LogP contribution in [0.5, 0.6) is 11.5 Å². The third-order valence-corrected chi connectivity index (χ3v) is 7.39. The predicted octanol–water partition coefficient (Wildman–Crippen LogP) is 3.67. The SMILES string of the molecule is CCOc1cc2ncc(C#N)c(N)c2cc1NC(=O)/C=C/[C@H]1CCCN1C.OB(O)c1ccc(OCc2ccccn2)c(Cl)c1. The number of fused-ring (bicyclic) bond motifs is 1. The van der Waals surface area contributed by atoms with E-state index in [2.05, 4.69) is 27.2 Å². The molecule has 0 unspecified atom stereocenters. The molecule has 13 heteroatoms. The summed E-state index contributed by atoms with van der Waals surface area (Å²) >= 11 is 5.97. The van der Waals surface area contributed by atoms with Crippen molar-refractivity contribution in [2.75, 3.05) is 31.2 Å². The topological polar surface area (TPSA) is 167 Å². The molecule has 1 fully saturated rings. The van der Waals surface area contributed by atoms with Gasteiger partial charge in [0.1, 0.15) is 24.2 Å². The molecular formula is C32H34BClN6O5. The molecule has 2 aromatic carbocycles. The summed E-state index contributed by atoms with van der Waals surface area (Å²) in [4.78, 5) is 23.0. The molecule has 1 amide bonds. The maximum absolute atomic E-state index is 12.4. The molecule has 4 aromatic rings. The molecule has 5 rings (SSSR count). The van der Waals surface area contributed by atoms with E-state index in [9.17, 15) is 4.79 Å². The number of nitrogens with two attached hydrogens (primary N) is 1. The second kappa shape index (κ2) is 15.9. The highest BCUT2D eigenvalue weighted by molar-refractivity contribution is 6.59. The number of benzene rings is 2. The van der Waals surface area contributed by atoms with Crippen LogP contribution in [0.25, 0.3) is 10.9 Å². The van der Waals surface area contributed by atoms with Crippen LogP contribution in [0.15, 0.2) is 73.1 Å². The molecule has 0 spiro atoms. The van der Waals surface area contributed by atoms with E-state index in [-0.39, 0.29) is 11.9 Å². The van der Waals surface area contributed by atoms with Gasteiger partial charge in [-0.05, 0) is 69.2 Å². The number of nitrogens with zero attached hydrogens (tertiary/aromatic N) is 4. The second-order valence-corrected chi connectivity index (χ2v) is 10.6. The van der Waals surface area contributed by atoms with E-state index in [1.807, 2.05) is 37.3 Å². The van der Waals surface area contributed by atoms with Gasteiger partial charge in [-0.3, -0.25) is 19.7 Å². The first kappa shape index (κ1) is 33.2. The zero-order valence-electron chi connectivity index (χ0n) is 25.0. The van der Waals surface area contributed by atoms with Crippen LogP contribution in [0.3, 0.4) is 0 Å². The number of nitriles is 1. The molecule has 232 valence electrons. The van der Waals surface area contributed by atoms with Crippen molar-refractivity contribution in [1.82, 2.24) is 14.9 Å². The van der Waals surface area contributed by atoms with Gasteiger partial charge in [0.25, 0.3) is 0 Å². The Morgan fingerprint density at radius 2 is 2.04 bits per heavy atom. The van der Waals surface area contributed by atoms with Crippen LogP contribution < -0.4 is 26.0 Å². The van der Waals surface area contributed by atoms with Crippen molar-refractivity contribution in [2.45, 2.75) is 32.4 Å². The van der Waals surface area contributed by atoms with Crippen LogP contribution in [0.4, 0.5) is 11.4 Å². The summed E-state index contributed by atoms with van der Waals surface area (Å²) in [5, 5.41) is 30.9. The lowest BCUT2D eigenvalue weighted by Crippen LogP contribution is -2.29. The van der Waals surface area contributed by atoms with E-state index in [1.165, 1.54) is 12.3 Å². The van der Waals surface area contributed by atoms with E-state index in [4.69, 9.17) is 42.1 Å². The van der Waals surface area contributed by atoms with E-state index < -0.39 is 7.12 Å². The Morgan fingerprint density at radius 3 is 2.69 bits per heavy atom. The molecule has 1 atom stereocenters. The van der Waals surface area contributed by atoms with Crippen LogP contribution in [0.2, 0.25) is 5.02 Å². The highest BCUT2D eigenvalue weighted by atomic mass is 35.5. The average Bonchev–Trinajstić information content (AvgIpc) is 3.45. The van der Waals surface area contributed by atoms with Gasteiger partial charge in [-0.2, -0.15) is 5.26 Å². The van der Waals surface area contributed by atoms with E-state index in [1.54, 1.807) is 36.5 Å². The molecule has 3 heterocycles. The number of nitrogens with one attached hydrogen (secondary N) is 1. The number of nitrogen functional groups attached to an aromatic ring is 1. The van der Waals surface area contributed by atoms with Crippen molar-refractivity contribution >= 4 is 52.4 Å². The Hall–Kier alpha value is -4.67. The number of pyridine rings is 2. The van der Waals surface area contributed by atoms with Gasteiger partial charge in [-0.25, -0.2) is 0 Å². The van der Waals surface area contributed by atoms with Crippen molar-refractivity contribution < 1.29 is 24.3 Å². The first-order valence-corrected chi connectivity index (χ1v) is 14.7. The largest absolute Gasteiger partial charge is 0.492 e. The fourth-order valence-corrected chi connectivity index (χ4v) is 4.93. The van der Waals surface area contributed by atoms with Gasteiger partial charge in [0.2, 0.25) is 5.91 Å². The van der Waals surface area contributed by atoms with Crippen molar-refractivity contribution in [3.8, 4) is 17.6 Å². The Bertz CT molecular complexity index is 1700. The number of likely N-dealkylation sites (tertiary alicyclic amines) is 1. The average molecular weight is 629 g/mol. The van der Waals surface area contributed by atoms with Gasteiger partial charge in [0.15, 0.2) is 0 Å². The van der Waals surface area contributed by atoms with Crippen molar-refractivity contribution in [3.05, 3.63) is 89.4 Å². The van der Waals surface area contributed by atoms with Crippen LogP contribution in [-0.2, 0) is 11.4 Å². The van der Waals surface area contributed by atoms with E-state index in [0.717, 1.165) is 25.1 Å². The maximum Gasteiger partial charge on any atom is 0.488 e. The minimum Gasteiger partial charge on any atom is -0.492 e. The molecule has 0 radical (unpaired) electrons. The number of amides is 1. The Labute approximate surface area is 267 Å². The Balaban J connectivity index is 0.000000222. The predicted molar refractivity (Wildman–Crippen MR) is 175 cm³/mol. The molecule has 1 aliphatic heterocycles. The van der Waals surface area contributed by atoms with Crippen LogP contribution in [0, 0.1) is 11.3 Å². The summed E-state index contributed by atoms with van der Waals surface area (Å²) < 4.78 is 11.1. The molecule has 11 nitrogen and oxygen atoms in total. The number of carbonyl (C=O) groups excluding carboxylic acids is 1. The van der Waals surface area contributed by atoms with Crippen LogP contribution in [0.1, 0.15) is 31.0 Å². The first-order valence-electron chi connectivity index (χ1n) is 14.3. The minimum absolute atomic E-state index is 0.237. The fraction of sp³-hybridized carbons (Fsp3) is 0.250. The van der Waals surface area contributed by atoms with Gasteiger partial charge in [-0.15, -0.1) is 0 Å². The van der Waals surface area contributed by atoms with E-state index >= 15 is 0 Å². The number of hydrogen-bond acceptors (Lipinski definition) is 10. The smallest absolute Gasteiger partial charge is 0.488 e. The molecule has 0 bridgehead atoms. The third-order valence-electron chi connectivity index (χ3n) is 7.09. The second-order valence-electron chi connectivity index (χ2n) is 10.2. The number of hydrogen-bond donors (Lipinski definition) is 4. The number of carbonyl (C=O) groups is 1. The number of ether oxygens (including phenoxy) is 2. The summed E-state index contributed by atoms with van der Waals surface area (Å²) in [6.45, 7) is 3.67. The lowest BCUT2D eigenvalue weighted by atomic mass is 9.80. The zero-order chi connectivity index (χ0) is 32.3. The molecule has 45 heavy (non-hydrogen) atoms. The van der Waals surface area contributed by atoms with Gasteiger partial charge in [0, 0.05) is 36.0 Å². The summed E-state index contributed by atoms with van der Waals surface area (Å²) in [7, 11) is 0.520. The molecule has 2 aromatic heterocycles. The molecule has 0 aliphatic carbocycles. The minimum atomic E-state index is -1.53. The first-order chi connectivity index (χ1) is 21.7. The lowest BCUT2D eigenvalue weighted by molar-refractivity contribution is -0.112. The fourth-order valence-electron chi connectivity index (χ4n) is 4.68. The van der Waals surface area contributed by atoms with Crippen LogP contribution in [-0.4, -0.2) is 64.2 Å². The number of aromatic nitrogens is 2. The summed E-state index contributed by atoms with van der Waals surface area (Å²) in [6.07, 6.45) is 8.80. The summed E-state index contributed by atoms with van der Waals surface area (Å²) in [5.74, 6) is 0.756. The van der Waals surface area contributed by atoms with Gasteiger partial charge in [-0.1, -0.05) is 29.8 Å². The summed E-state index contributed by atoms with van der Waals surface area (Å²) in [6, 6.07) is 15.9. The van der Waals surface area contributed by atoms with Gasteiger partial charge >= 0.3 is 7.12 Å². The Kier molecular flexibility index (Phi) is 11.7. The monoisotopic (exact) mass is 628 g/mol. The third kappa shape index (κ3) is 8.94. The van der Waals surface area contributed by atoms with Gasteiger partial charge in [0.05, 0.1) is 39.8 Å². The normalized spacial score (nSPS) is 14.4. The van der Waals surface area contributed by atoms with Crippen molar-refractivity contribution in [2.24, 2.45) is 0 Å². The zero-order valence-corrected chi connectivity index (χ0v) is 25.7. The van der Waals surface area contributed by atoms with Gasteiger partial charge < -0.3 is 30.6 Å². The number of anilines is 2. The lowest BCUT2D eigenvalue weighted by Gasteiger charge is -2.15. The highest BCUT2D eigenvalue weighted by Crippen LogP contribution is 2.33. The van der Waals surface area contributed by atoms with E-state index in [0.29, 0.717) is 63.0 Å². The molecule has 1 aliphatic rings. The van der Waals surface area contributed by atoms with Crippen molar-refractivity contribution in [1.29, 1.82) is 5.26 Å². The molecule has 5 N–H and O–H groups in total. The number of rotatable bonds is 9. The quantitative estimate of drug-likeness (QED) is 0.159. The van der Waals surface area contributed by atoms with Crippen LogP contribution >= 0.6 is 11.6 Å². The van der Waals surface area contributed by atoms with Crippen molar-refractivity contribution in [3.63, 3.8) is 0 Å². The standard InChI is InChI=1S/C20H23N5O2.C12H11BClNO3/c1-3-27-18-10-16-15(20(22)13(11-21)12-23-16)9-17(18)24-19(26)7-6-14-5-4-8-25(14)2;14-11-7-9(13(16)17)4-5-12(11)18-8-10-3-1-2-6-15-10/h6-7,9-10,12,14H,3-5,8H2,1-2H3,(H2,22,23)(H,24,26);1-7,16-17H,8H2/b7-6+;/t14-;/m1./s1. The summed E-state index contributed by atoms with van der Waals surface area (Å²) in [5.41, 5.74) is 8.94. The molecule has 1 saturated heterocycles. The molecular weight excluding hydrogens is 595 g/mol. The molecule has 0 saturated carbocycles.